The summed E-state index contributed by atoms with van der Waals surface area (Å²) < 4.78 is 0. The topological polar surface area (TPSA) is 42.2 Å². The minimum Gasteiger partial charge on any atom is -0.370 e. The number of hydrogen-bond donors (Lipinski definition) is 1. The minimum atomic E-state index is 0.680. The molecule has 0 unspecified atom stereocenters. The second kappa shape index (κ2) is 6.34. The van der Waals surface area contributed by atoms with E-state index in [2.05, 4.69) is 42.1 Å². The normalized spacial score (nSPS) is 10.5. The first-order valence-corrected chi connectivity index (χ1v) is 6.60. The number of hydrogen-bond acceptors (Lipinski definition) is 3. The van der Waals surface area contributed by atoms with Crippen LogP contribution in [0, 0.1) is 6.92 Å². The Morgan fingerprint density at radius 3 is 2.58 bits per heavy atom. The Labute approximate surface area is 115 Å². The predicted octanol–water partition coefficient (Wildman–Crippen LogP) is 2.53. The fraction of sp³-hybridized carbons (Fsp3) is 0.312. The van der Waals surface area contributed by atoms with E-state index < -0.39 is 0 Å². The Balaban J connectivity index is 2.20. The zero-order valence-corrected chi connectivity index (χ0v) is 11.6. The van der Waals surface area contributed by atoms with Crippen LogP contribution in [0.25, 0.3) is 0 Å². The summed E-state index contributed by atoms with van der Waals surface area (Å²) in [6, 6.07) is 10.7. The maximum atomic E-state index is 5.71. The Bertz CT molecular complexity index is 523. The number of pyridine rings is 1. The van der Waals surface area contributed by atoms with Crippen LogP contribution in [0.5, 0.6) is 0 Å². The summed E-state index contributed by atoms with van der Waals surface area (Å²) in [6.07, 6.45) is 4.58. The van der Waals surface area contributed by atoms with Crippen molar-refractivity contribution < 1.29 is 0 Å². The SMILES string of the molecule is Cc1ccc(N(C)Cc2ccncc2)c(CCN)c1. The molecule has 100 valence electrons. The third kappa shape index (κ3) is 3.55. The van der Waals surface area contributed by atoms with Crippen molar-refractivity contribution in [2.24, 2.45) is 5.73 Å². The van der Waals surface area contributed by atoms with E-state index in [4.69, 9.17) is 5.73 Å². The predicted molar refractivity (Wildman–Crippen MR) is 80.3 cm³/mol. The van der Waals surface area contributed by atoms with Crippen LogP contribution in [0.3, 0.4) is 0 Å². The largest absolute Gasteiger partial charge is 0.370 e. The van der Waals surface area contributed by atoms with Gasteiger partial charge < -0.3 is 10.6 Å². The first-order chi connectivity index (χ1) is 9.20. The van der Waals surface area contributed by atoms with Crippen molar-refractivity contribution in [2.75, 3.05) is 18.5 Å². The minimum absolute atomic E-state index is 0.680. The smallest absolute Gasteiger partial charge is 0.0427 e. The van der Waals surface area contributed by atoms with Gasteiger partial charge in [0.05, 0.1) is 0 Å². The molecule has 0 saturated heterocycles. The van der Waals surface area contributed by atoms with Crippen LogP contribution in [0.2, 0.25) is 0 Å². The van der Waals surface area contributed by atoms with Gasteiger partial charge in [0.1, 0.15) is 0 Å². The third-order valence-electron chi connectivity index (χ3n) is 3.23. The molecule has 0 spiro atoms. The second-order valence-electron chi connectivity index (χ2n) is 4.88. The first kappa shape index (κ1) is 13.6. The fourth-order valence-electron chi connectivity index (χ4n) is 2.29. The number of aryl methyl sites for hydroxylation is 1. The van der Waals surface area contributed by atoms with Crippen LogP contribution in [0.15, 0.2) is 42.7 Å². The molecule has 1 aromatic heterocycles. The molecule has 2 rings (SSSR count). The van der Waals surface area contributed by atoms with Crippen molar-refractivity contribution >= 4 is 5.69 Å². The number of nitrogens with two attached hydrogens (primary N) is 1. The summed E-state index contributed by atoms with van der Waals surface area (Å²) in [7, 11) is 2.12. The van der Waals surface area contributed by atoms with Gasteiger partial charge in [-0.25, -0.2) is 0 Å². The Hall–Kier alpha value is -1.87. The molecule has 0 atom stereocenters. The third-order valence-corrected chi connectivity index (χ3v) is 3.23. The van der Waals surface area contributed by atoms with Gasteiger partial charge >= 0.3 is 0 Å². The van der Waals surface area contributed by atoms with Gasteiger partial charge in [-0.3, -0.25) is 4.98 Å². The van der Waals surface area contributed by atoms with Gasteiger partial charge in [-0.15, -0.1) is 0 Å². The summed E-state index contributed by atoms with van der Waals surface area (Å²) in [5.41, 5.74) is 10.8. The van der Waals surface area contributed by atoms with Crippen LogP contribution in [0.1, 0.15) is 16.7 Å². The molecular weight excluding hydrogens is 234 g/mol. The van der Waals surface area contributed by atoms with Crippen LogP contribution in [-0.2, 0) is 13.0 Å². The molecule has 0 aliphatic heterocycles. The molecule has 0 radical (unpaired) electrons. The van der Waals surface area contributed by atoms with E-state index in [1.165, 1.54) is 22.4 Å². The lowest BCUT2D eigenvalue weighted by atomic mass is 10.1. The molecule has 1 heterocycles. The van der Waals surface area contributed by atoms with Crippen molar-refractivity contribution in [3.63, 3.8) is 0 Å². The van der Waals surface area contributed by atoms with Crippen molar-refractivity contribution in [3.05, 3.63) is 59.4 Å². The van der Waals surface area contributed by atoms with Crippen molar-refractivity contribution in [2.45, 2.75) is 19.9 Å². The number of nitrogens with zero attached hydrogens (tertiary/aromatic N) is 2. The Morgan fingerprint density at radius 1 is 1.16 bits per heavy atom. The van der Waals surface area contributed by atoms with E-state index in [0.717, 1.165) is 13.0 Å². The summed E-state index contributed by atoms with van der Waals surface area (Å²) in [6.45, 7) is 3.68. The van der Waals surface area contributed by atoms with E-state index in [1.54, 1.807) is 0 Å². The molecule has 2 N–H and O–H groups in total. The lowest BCUT2D eigenvalue weighted by molar-refractivity contribution is 0.889. The maximum Gasteiger partial charge on any atom is 0.0427 e. The number of aromatic nitrogens is 1. The van der Waals surface area contributed by atoms with Gasteiger partial charge in [0.2, 0.25) is 0 Å². The zero-order valence-electron chi connectivity index (χ0n) is 11.6. The molecule has 2 aromatic rings. The van der Waals surface area contributed by atoms with Gasteiger partial charge in [0.15, 0.2) is 0 Å². The standard InChI is InChI=1S/C16H21N3/c1-13-3-4-16(15(11-13)5-8-17)19(2)12-14-6-9-18-10-7-14/h3-4,6-7,9-11H,5,8,12,17H2,1-2H3. The molecule has 0 saturated carbocycles. The molecule has 3 heteroatoms. The molecule has 0 amide bonds. The quantitative estimate of drug-likeness (QED) is 0.892. The molecule has 0 aliphatic carbocycles. The fourth-order valence-corrected chi connectivity index (χ4v) is 2.29. The summed E-state index contributed by atoms with van der Waals surface area (Å²) in [4.78, 5) is 6.31. The van der Waals surface area contributed by atoms with E-state index in [0.29, 0.717) is 6.54 Å². The highest BCUT2D eigenvalue weighted by Crippen LogP contribution is 2.22. The first-order valence-electron chi connectivity index (χ1n) is 6.60. The molecule has 1 aromatic carbocycles. The average molecular weight is 255 g/mol. The zero-order chi connectivity index (χ0) is 13.7. The van der Waals surface area contributed by atoms with Gasteiger partial charge in [0.25, 0.3) is 0 Å². The van der Waals surface area contributed by atoms with Crippen molar-refractivity contribution in [3.8, 4) is 0 Å². The summed E-state index contributed by atoms with van der Waals surface area (Å²) in [5, 5.41) is 0. The monoisotopic (exact) mass is 255 g/mol. The van der Waals surface area contributed by atoms with Gasteiger partial charge in [-0.05, 0) is 49.2 Å². The van der Waals surface area contributed by atoms with E-state index in [9.17, 15) is 0 Å². The van der Waals surface area contributed by atoms with Gasteiger partial charge in [-0.1, -0.05) is 17.7 Å². The number of anilines is 1. The van der Waals surface area contributed by atoms with E-state index >= 15 is 0 Å². The van der Waals surface area contributed by atoms with Crippen LogP contribution in [-0.4, -0.2) is 18.6 Å². The summed E-state index contributed by atoms with van der Waals surface area (Å²) >= 11 is 0. The molecule has 0 aliphatic rings. The highest BCUT2D eigenvalue weighted by atomic mass is 15.1. The molecular formula is C16H21N3. The highest BCUT2D eigenvalue weighted by Gasteiger charge is 2.08. The van der Waals surface area contributed by atoms with E-state index in [-0.39, 0.29) is 0 Å². The average Bonchev–Trinajstić information content (AvgIpc) is 2.40. The second-order valence-corrected chi connectivity index (χ2v) is 4.88. The van der Waals surface area contributed by atoms with Crippen molar-refractivity contribution in [1.29, 1.82) is 0 Å². The van der Waals surface area contributed by atoms with Gasteiger partial charge in [0, 0.05) is 31.7 Å². The Morgan fingerprint density at radius 2 is 1.89 bits per heavy atom. The lowest BCUT2D eigenvalue weighted by Crippen LogP contribution is -2.19. The summed E-state index contributed by atoms with van der Waals surface area (Å²) in [5.74, 6) is 0. The van der Waals surface area contributed by atoms with Crippen LogP contribution in [0.4, 0.5) is 5.69 Å². The highest BCUT2D eigenvalue weighted by molar-refractivity contribution is 5.55. The van der Waals surface area contributed by atoms with Crippen LogP contribution < -0.4 is 10.6 Å². The van der Waals surface area contributed by atoms with Crippen molar-refractivity contribution in [1.82, 2.24) is 4.98 Å². The number of rotatable bonds is 5. The maximum absolute atomic E-state index is 5.71. The molecule has 0 fully saturated rings. The lowest BCUT2D eigenvalue weighted by Gasteiger charge is -2.23. The Kier molecular flexibility index (Phi) is 4.53. The number of benzene rings is 1. The molecule has 19 heavy (non-hydrogen) atoms. The van der Waals surface area contributed by atoms with Gasteiger partial charge in [-0.2, -0.15) is 0 Å². The van der Waals surface area contributed by atoms with Crippen LogP contribution >= 0.6 is 0 Å². The molecule has 3 nitrogen and oxygen atoms in total. The van der Waals surface area contributed by atoms with E-state index in [1.807, 2.05) is 24.5 Å². The molecule has 0 bridgehead atoms.